The van der Waals surface area contributed by atoms with Crippen molar-refractivity contribution >= 4 is 55.7 Å². The molecule has 0 amide bonds. The van der Waals surface area contributed by atoms with Crippen LogP contribution in [-0.4, -0.2) is 18.0 Å². The van der Waals surface area contributed by atoms with Gasteiger partial charge >= 0.3 is 0 Å². The zero-order valence-electron chi connectivity index (χ0n) is 15.7. The summed E-state index contributed by atoms with van der Waals surface area (Å²) in [5, 5.41) is 5.18. The minimum absolute atomic E-state index is 1.03. The number of hydrogen-bond donors (Lipinski definition) is 0. The Hall–Kier alpha value is -2.56. The number of rotatable bonds is 2. The summed E-state index contributed by atoms with van der Waals surface area (Å²) in [6, 6.07) is 21.9. The molecule has 0 bridgehead atoms. The molecule has 27 heavy (non-hydrogen) atoms. The van der Waals surface area contributed by atoms with E-state index in [9.17, 15) is 0 Å². The van der Waals surface area contributed by atoms with Crippen molar-refractivity contribution in [3.8, 4) is 11.3 Å². The average molecular weight is 385 g/mol. The predicted molar refractivity (Wildman–Crippen MR) is 121 cm³/mol. The molecule has 2 aromatic heterocycles. The zero-order chi connectivity index (χ0) is 18.6. The van der Waals surface area contributed by atoms with Crippen LogP contribution in [0.15, 0.2) is 67.0 Å². The molecule has 5 rings (SSSR count). The second-order valence-corrected chi connectivity index (χ2v) is 14.1. The van der Waals surface area contributed by atoms with Crippen molar-refractivity contribution in [1.82, 2.24) is 9.97 Å². The van der Waals surface area contributed by atoms with Crippen molar-refractivity contribution in [1.29, 1.82) is 0 Å². The minimum atomic E-state index is -1.37. The molecule has 2 nitrogen and oxygen atoms in total. The number of benzene rings is 3. The summed E-state index contributed by atoms with van der Waals surface area (Å²) in [4.78, 5) is 9.28. The lowest BCUT2D eigenvalue weighted by molar-refractivity contribution is 1.23. The summed E-state index contributed by atoms with van der Waals surface area (Å²) < 4.78 is 2.62. The Kier molecular flexibility index (Phi) is 3.67. The van der Waals surface area contributed by atoms with Gasteiger partial charge in [0.2, 0.25) is 0 Å². The number of nitrogens with zero attached hydrogens (tertiary/aromatic N) is 2. The molecule has 0 aliphatic carbocycles. The van der Waals surface area contributed by atoms with Gasteiger partial charge in [-0.05, 0) is 12.1 Å². The van der Waals surface area contributed by atoms with E-state index in [4.69, 9.17) is 4.98 Å². The number of fused-ring (bicyclic) bond motifs is 4. The fourth-order valence-corrected chi connectivity index (χ4v) is 6.04. The maximum absolute atomic E-state index is 4.70. The molecule has 0 aliphatic heterocycles. The van der Waals surface area contributed by atoms with Crippen LogP contribution < -0.4 is 5.19 Å². The molecular weight excluding hydrogens is 364 g/mol. The highest BCUT2D eigenvalue weighted by Gasteiger charge is 2.18. The lowest BCUT2D eigenvalue weighted by Crippen LogP contribution is -2.37. The first kappa shape index (κ1) is 16.6. The van der Waals surface area contributed by atoms with E-state index in [2.05, 4.69) is 85.3 Å². The highest BCUT2D eigenvalue weighted by Crippen LogP contribution is 2.40. The van der Waals surface area contributed by atoms with Crippen molar-refractivity contribution < 1.29 is 0 Å². The zero-order valence-corrected chi connectivity index (χ0v) is 17.5. The first-order chi connectivity index (χ1) is 13.0. The topological polar surface area (TPSA) is 25.8 Å². The van der Waals surface area contributed by atoms with E-state index < -0.39 is 8.07 Å². The van der Waals surface area contributed by atoms with Crippen LogP contribution in [0.25, 0.3) is 42.3 Å². The molecule has 0 spiro atoms. The van der Waals surface area contributed by atoms with Gasteiger partial charge in [0.1, 0.15) is 6.33 Å². The maximum Gasteiger partial charge on any atom is 0.116 e. The Balaban J connectivity index is 1.81. The van der Waals surface area contributed by atoms with Crippen LogP contribution in [0.5, 0.6) is 0 Å². The SMILES string of the molecule is C[Si](C)(C)c1ccc2c(-c3cccc4c3sc3ccccc34)ncnc2c1. The highest BCUT2D eigenvalue weighted by molar-refractivity contribution is 7.26. The van der Waals surface area contributed by atoms with Crippen molar-refractivity contribution in [2.24, 2.45) is 0 Å². The van der Waals surface area contributed by atoms with Gasteiger partial charge in [-0.1, -0.05) is 73.4 Å². The smallest absolute Gasteiger partial charge is 0.116 e. The van der Waals surface area contributed by atoms with Gasteiger partial charge in [-0.2, -0.15) is 0 Å². The van der Waals surface area contributed by atoms with E-state index in [1.165, 1.54) is 30.9 Å². The van der Waals surface area contributed by atoms with Crippen molar-refractivity contribution in [2.75, 3.05) is 0 Å². The summed E-state index contributed by atoms with van der Waals surface area (Å²) >= 11 is 1.85. The Bertz CT molecular complexity index is 1310. The third kappa shape index (κ3) is 2.68. The quantitative estimate of drug-likeness (QED) is 0.338. The van der Waals surface area contributed by atoms with Gasteiger partial charge in [0.05, 0.1) is 19.3 Å². The molecule has 0 aliphatic rings. The second kappa shape index (κ2) is 5.97. The van der Waals surface area contributed by atoms with Gasteiger partial charge in [0.25, 0.3) is 0 Å². The molecule has 2 heterocycles. The van der Waals surface area contributed by atoms with Gasteiger partial charge in [-0.25, -0.2) is 9.97 Å². The largest absolute Gasteiger partial charge is 0.236 e. The second-order valence-electron chi connectivity index (χ2n) is 7.98. The van der Waals surface area contributed by atoms with Crippen LogP contribution >= 0.6 is 11.3 Å². The van der Waals surface area contributed by atoms with Crippen molar-refractivity contribution in [3.63, 3.8) is 0 Å². The Morgan fingerprint density at radius 1 is 0.778 bits per heavy atom. The van der Waals surface area contributed by atoms with Gasteiger partial charge in [0.15, 0.2) is 0 Å². The third-order valence-corrected chi connectivity index (χ3v) is 8.42. The number of thiophene rings is 1. The van der Waals surface area contributed by atoms with E-state index in [0.29, 0.717) is 0 Å². The van der Waals surface area contributed by atoms with E-state index >= 15 is 0 Å². The third-order valence-electron chi connectivity index (χ3n) is 5.16. The fraction of sp³-hybridized carbons (Fsp3) is 0.130. The lowest BCUT2D eigenvalue weighted by Gasteiger charge is -2.17. The van der Waals surface area contributed by atoms with Gasteiger partial charge in [-0.15, -0.1) is 11.3 Å². The van der Waals surface area contributed by atoms with E-state index in [1.807, 2.05) is 11.3 Å². The van der Waals surface area contributed by atoms with E-state index in [-0.39, 0.29) is 0 Å². The summed E-state index contributed by atoms with van der Waals surface area (Å²) in [6.45, 7) is 7.11. The van der Waals surface area contributed by atoms with Gasteiger partial charge in [-0.3, -0.25) is 0 Å². The van der Waals surface area contributed by atoms with Crippen molar-refractivity contribution in [2.45, 2.75) is 19.6 Å². The monoisotopic (exact) mass is 384 g/mol. The van der Waals surface area contributed by atoms with Crippen LogP contribution in [0.4, 0.5) is 0 Å². The summed E-state index contributed by atoms with van der Waals surface area (Å²) in [5.41, 5.74) is 3.26. The molecule has 5 aromatic rings. The first-order valence-electron chi connectivity index (χ1n) is 9.18. The standard InChI is InChI=1S/C23H20N2SSi/c1-27(2,3)15-11-12-18-20(13-15)24-14-25-22(18)19-9-6-8-17-16-7-4-5-10-21(16)26-23(17)19/h4-14H,1-3H3. The van der Waals surface area contributed by atoms with E-state index in [1.54, 1.807) is 6.33 Å². The maximum atomic E-state index is 4.70. The molecule has 3 aromatic carbocycles. The highest BCUT2D eigenvalue weighted by atomic mass is 32.1. The molecular formula is C23H20N2SSi. The number of aromatic nitrogens is 2. The molecule has 0 saturated carbocycles. The van der Waals surface area contributed by atoms with E-state index in [0.717, 1.165) is 16.6 Å². The summed E-state index contributed by atoms with van der Waals surface area (Å²) in [7, 11) is -1.37. The van der Waals surface area contributed by atoms with Crippen LogP contribution in [0.2, 0.25) is 19.6 Å². The van der Waals surface area contributed by atoms with Gasteiger partial charge in [0, 0.05) is 31.1 Å². The molecule has 0 saturated heterocycles. The Morgan fingerprint density at radius 2 is 1.59 bits per heavy atom. The predicted octanol–water partition coefficient (Wildman–Crippen LogP) is 6.21. The number of hydrogen-bond acceptors (Lipinski definition) is 3. The van der Waals surface area contributed by atoms with Gasteiger partial charge < -0.3 is 0 Å². The fourth-order valence-electron chi connectivity index (χ4n) is 3.67. The Labute approximate surface area is 163 Å². The van der Waals surface area contributed by atoms with Crippen LogP contribution in [0, 0.1) is 0 Å². The molecule has 0 N–H and O–H groups in total. The average Bonchev–Trinajstić information content (AvgIpc) is 3.05. The normalized spacial score (nSPS) is 12.3. The molecule has 4 heteroatoms. The van der Waals surface area contributed by atoms with Crippen LogP contribution in [0.3, 0.4) is 0 Å². The minimum Gasteiger partial charge on any atom is -0.236 e. The van der Waals surface area contributed by atoms with Crippen LogP contribution in [0.1, 0.15) is 0 Å². The molecule has 132 valence electrons. The molecule has 0 radical (unpaired) electrons. The molecule has 0 fully saturated rings. The van der Waals surface area contributed by atoms with Crippen LogP contribution in [-0.2, 0) is 0 Å². The molecule has 0 atom stereocenters. The first-order valence-corrected chi connectivity index (χ1v) is 13.5. The Morgan fingerprint density at radius 3 is 2.44 bits per heavy atom. The molecule has 0 unspecified atom stereocenters. The van der Waals surface area contributed by atoms with Crippen molar-refractivity contribution in [3.05, 3.63) is 67.0 Å². The summed E-state index contributed by atoms with van der Waals surface area (Å²) in [6.07, 6.45) is 1.71. The lowest BCUT2D eigenvalue weighted by atomic mass is 10.0. The summed E-state index contributed by atoms with van der Waals surface area (Å²) in [5.74, 6) is 0.